The van der Waals surface area contributed by atoms with Crippen LogP contribution < -0.4 is 5.32 Å². The molecule has 0 spiro atoms. The zero-order valence-corrected chi connectivity index (χ0v) is 11.7. The van der Waals surface area contributed by atoms with E-state index in [4.69, 9.17) is 0 Å². The first-order valence-electron chi connectivity index (χ1n) is 6.45. The van der Waals surface area contributed by atoms with Crippen molar-refractivity contribution >= 4 is 5.82 Å². The summed E-state index contributed by atoms with van der Waals surface area (Å²) in [4.78, 5) is 4.17. The van der Waals surface area contributed by atoms with Gasteiger partial charge in [0.2, 0.25) is 0 Å². The largest absolute Gasteiger partial charge is 0.418 e. The summed E-state index contributed by atoms with van der Waals surface area (Å²) in [6, 6.07) is 1.55. The molecule has 1 N–H and O–H groups in total. The third-order valence-corrected chi connectivity index (χ3v) is 3.32. The lowest BCUT2D eigenvalue weighted by atomic mass is 9.85. The summed E-state index contributed by atoms with van der Waals surface area (Å²) in [5.74, 6) is 0.549. The van der Waals surface area contributed by atoms with Crippen LogP contribution in [0.3, 0.4) is 0 Å². The van der Waals surface area contributed by atoms with E-state index in [2.05, 4.69) is 10.3 Å². The highest BCUT2D eigenvalue weighted by Gasteiger charge is 2.43. The molecule has 1 aliphatic rings. The fourth-order valence-electron chi connectivity index (χ4n) is 2.25. The van der Waals surface area contributed by atoms with Crippen molar-refractivity contribution in [2.24, 2.45) is 0 Å². The maximum Gasteiger partial charge on any atom is 0.418 e. The van der Waals surface area contributed by atoms with E-state index in [-0.39, 0.29) is 11.6 Å². The van der Waals surface area contributed by atoms with Crippen molar-refractivity contribution in [2.45, 2.75) is 51.1 Å². The molecule has 0 unspecified atom stereocenters. The van der Waals surface area contributed by atoms with E-state index in [1.54, 1.807) is 33.9 Å². The Bertz CT molecular complexity index is 483. The second-order valence-electron chi connectivity index (χ2n) is 6.09. The average Bonchev–Trinajstić information content (AvgIpc) is 3.08. The van der Waals surface area contributed by atoms with E-state index in [9.17, 15) is 13.2 Å². The molecule has 1 aromatic rings. The van der Waals surface area contributed by atoms with Crippen LogP contribution in [0.5, 0.6) is 0 Å². The summed E-state index contributed by atoms with van der Waals surface area (Å²) in [5, 5.41) is 2.86. The van der Waals surface area contributed by atoms with E-state index in [0.717, 1.165) is 12.8 Å². The van der Waals surface area contributed by atoms with Gasteiger partial charge in [0.1, 0.15) is 5.82 Å². The molecule has 1 fully saturated rings. The molecule has 19 heavy (non-hydrogen) atoms. The number of nitrogens with zero attached hydrogens (tertiary/aromatic N) is 1. The van der Waals surface area contributed by atoms with E-state index < -0.39 is 17.2 Å². The molecule has 0 bridgehead atoms. The Kier molecular flexibility index (Phi) is 3.27. The van der Waals surface area contributed by atoms with Crippen LogP contribution in [0.4, 0.5) is 19.0 Å². The van der Waals surface area contributed by atoms with Crippen LogP contribution >= 0.6 is 0 Å². The summed E-state index contributed by atoms with van der Waals surface area (Å²) < 4.78 is 40.2. The molecular formula is C14H19F3N2. The number of alkyl halides is 3. The van der Waals surface area contributed by atoms with Crippen molar-refractivity contribution < 1.29 is 13.2 Å². The van der Waals surface area contributed by atoms with Crippen LogP contribution in [0.15, 0.2) is 6.07 Å². The van der Waals surface area contributed by atoms with Crippen molar-refractivity contribution in [1.82, 2.24) is 4.98 Å². The summed E-state index contributed by atoms with van der Waals surface area (Å²) in [6.07, 6.45) is -2.68. The Labute approximate surface area is 111 Å². The third-order valence-electron chi connectivity index (χ3n) is 3.32. The van der Waals surface area contributed by atoms with Gasteiger partial charge in [0.25, 0.3) is 0 Å². The first-order chi connectivity index (χ1) is 8.64. The highest BCUT2D eigenvalue weighted by atomic mass is 19.4. The van der Waals surface area contributed by atoms with Gasteiger partial charge in [0, 0.05) is 12.5 Å². The topological polar surface area (TPSA) is 24.9 Å². The Hall–Kier alpha value is -1.26. The van der Waals surface area contributed by atoms with Gasteiger partial charge in [-0.1, -0.05) is 20.8 Å². The van der Waals surface area contributed by atoms with Crippen LogP contribution in [0.2, 0.25) is 0 Å². The fraction of sp³-hybridized carbons (Fsp3) is 0.643. The number of nitrogens with one attached hydrogen (secondary N) is 1. The summed E-state index contributed by atoms with van der Waals surface area (Å²) >= 11 is 0. The number of anilines is 1. The number of rotatable bonds is 2. The monoisotopic (exact) mass is 272 g/mol. The predicted molar refractivity (Wildman–Crippen MR) is 69.5 cm³/mol. The standard InChI is InChI=1S/C14H19F3N2/c1-13(2,3)12-11(14(15,16)17)9(8-5-6-8)7-10(18-4)19-12/h7-8H,5-6H2,1-4H3,(H,18,19). The molecule has 1 aromatic heterocycles. The van der Waals surface area contributed by atoms with Gasteiger partial charge in [0.05, 0.1) is 11.3 Å². The molecule has 0 radical (unpaired) electrons. The van der Waals surface area contributed by atoms with Gasteiger partial charge in [-0.25, -0.2) is 4.98 Å². The van der Waals surface area contributed by atoms with Crippen molar-refractivity contribution in [3.8, 4) is 0 Å². The molecular weight excluding hydrogens is 253 g/mol. The fourth-order valence-corrected chi connectivity index (χ4v) is 2.25. The normalized spacial score (nSPS) is 16.6. The molecule has 0 atom stereocenters. The van der Waals surface area contributed by atoms with Crippen LogP contribution in [-0.2, 0) is 11.6 Å². The van der Waals surface area contributed by atoms with Crippen molar-refractivity contribution in [3.63, 3.8) is 0 Å². The maximum absolute atomic E-state index is 13.4. The minimum Gasteiger partial charge on any atom is -0.373 e. The molecule has 0 aromatic carbocycles. The summed E-state index contributed by atoms with van der Waals surface area (Å²) in [6.45, 7) is 5.29. The molecule has 0 amide bonds. The van der Waals surface area contributed by atoms with Crippen LogP contribution in [-0.4, -0.2) is 12.0 Å². The third kappa shape index (κ3) is 2.85. The molecule has 0 saturated heterocycles. The first-order valence-corrected chi connectivity index (χ1v) is 6.45. The van der Waals surface area contributed by atoms with Gasteiger partial charge in [0.15, 0.2) is 0 Å². The number of halogens is 3. The number of hydrogen-bond donors (Lipinski definition) is 1. The number of aromatic nitrogens is 1. The first kappa shape index (κ1) is 14.2. The SMILES string of the molecule is CNc1cc(C2CC2)c(C(F)(F)F)c(C(C)(C)C)n1. The molecule has 0 aliphatic heterocycles. The predicted octanol–water partition coefficient (Wildman–Crippen LogP) is 4.32. The molecule has 5 heteroatoms. The zero-order valence-electron chi connectivity index (χ0n) is 11.7. The highest BCUT2D eigenvalue weighted by Crippen LogP contribution is 2.49. The second kappa shape index (κ2) is 4.39. The quantitative estimate of drug-likeness (QED) is 0.867. The van der Waals surface area contributed by atoms with Gasteiger partial charge >= 0.3 is 6.18 Å². The van der Waals surface area contributed by atoms with E-state index in [1.165, 1.54) is 0 Å². The minimum atomic E-state index is -4.35. The molecule has 2 rings (SSSR count). The van der Waals surface area contributed by atoms with Crippen LogP contribution in [0.25, 0.3) is 0 Å². The molecule has 1 aliphatic carbocycles. The van der Waals surface area contributed by atoms with Gasteiger partial charge in [-0.3, -0.25) is 0 Å². The van der Waals surface area contributed by atoms with Gasteiger partial charge in [-0.05, 0) is 30.4 Å². The van der Waals surface area contributed by atoms with Crippen LogP contribution in [0, 0.1) is 0 Å². The number of pyridine rings is 1. The lowest BCUT2D eigenvalue weighted by Crippen LogP contribution is -2.24. The Morgan fingerprint density at radius 3 is 2.16 bits per heavy atom. The Morgan fingerprint density at radius 1 is 1.21 bits per heavy atom. The average molecular weight is 272 g/mol. The summed E-state index contributed by atoms with van der Waals surface area (Å²) in [5.41, 5.74) is -0.631. The lowest BCUT2D eigenvalue weighted by Gasteiger charge is -2.26. The van der Waals surface area contributed by atoms with Gasteiger partial charge in [-0.15, -0.1) is 0 Å². The Balaban J connectivity index is 2.71. The highest BCUT2D eigenvalue weighted by molar-refractivity contribution is 5.49. The second-order valence-corrected chi connectivity index (χ2v) is 6.09. The van der Waals surface area contributed by atoms with E-state index in [1.807, 2.05) is 0 Å². The van der Waals surface area contributed by atoms with Gasteiger partial charge < -0.3 is 5.32 Å². The van der Waals surface area contributed by atoms with Crippen molar-refractivity contribution in [2.75, 3.05) is 12.4 Å². The van der Waals surface area contributed by atoms with Crippen molar-refractivity contribution in [1.29, 1.82) is 0 Å². The number of hydrogen-bond acceptors (Lipinski definition) is 2. The molecule has 2 nitrogen and oxygen atoms in total. The maximum atomic E-state index is 13.4. The molecule has 1 saturated carbocycles. The minimum absolute atomic E-state index is 0.0350. The summed E-state index contributed by atoms with van der Waals surface area (Å²) in [7, 11) is 1.68. The molecule has 1 heterocycles. The van der Waals surface area contributed by atoms with E-state index in [0.29, 0.717) is 11.4 Å². The smallest absolute Gasteiger partial charge is 0.373 e. The zero-order chi connectivity index (χ0) is 14.4. The Morgan fingerprint density at radius 2 is 1.79 bits per heavy atom. The lowest BCUT2D eigenvalue weighted by molar-refractivity contribution is -0.139. The van der Waals surface area contributed by atoms with Gasteiger partial charge in [-0.2, -0.15) is 13.2 Å². The molecule has 106 valence electrons. The van der Waals surface area contributed by atoms with Crippen molar-refractivity contribution in [3.05, 3.63) is 22.9 Å². The van der Waals surface area contributed by atoms with Crippen LogP contribution in [0.1, 0.15) is 56.4 Å². The van der Waals surface area contributed by atoms with E-state index >= 15 is 0 Å².